The van der Waals surface area contributed by atoms with Gasteiger partial charge in [0.1, 0.15) is 5.69 Å². The molecule has 3 rings (SSSR count). The molecule has 0 spiro atoms. The Morgan fingerprint density at radius 3 is 3.05 bits per heavy atom. The fourth-order valence-electron chi connectivity index (χ4n) is 2.00. The number of carbonyl (C=O) groups is 1. The second kappa shape index (κ2) is 4.42. The van der Waals surface area contributed by atoms with E-state index in [0.717, 1.165) is 12.8 Å². The van der Waals surface area contributed by atoms with Crippen molar-refractivity contribution in [2.24, 2.45) is 0 Å². The second-order valence-electron chi connectivity index (χ2n) is 4.71. The number of nitrogens with two attached hydrogens (primary N) is 1. The van der Waals surface area contributed by atoms with Crippen LogP contribution in [0.25, 0.3) is 0 Å². The second-order valence-corrected chi connectivity index (χ2v) is 4.71. The van der Waals surface area contributed by atoms with Crippen LogP contribution in [0.5, 0.6) is 0 Å². The molecular weight excluding hydrogens is 246 g/mol. The predicted molar refractivity (Wildman–Crippen MR) is 67.3 cm³/mol. The summed E-state index contributed by atoms with van der Waals surface area (Å²) < 4.78 is 6.78. The lowest BCUT2D eigenvalue weighted by Gasteiger charge is -2.06. The molecular formula is C12H15N5O2. The summed E-state index contributed by atoms with van der Waals surface area (Å²) in [6, 6.07) is 2.10. The van der Waals surface area contributed by atoms with Gasteiger partial charge in [-0.05, 0) is 18.9 Å². The number of nitrogen functional groups attached to an aromatic ring is 1. The van der Waals surface area contributed by atoms with Gasteiger partial charge in [0.05, 0.1) is 12.2 Å². The van der Waals surface area contributed by atoms with E-state index in [9.17, 15) is 4.79 Å². The van der Waals surface area contributed by atoms with Crippen LogP contribution in [-0.2, 0) is 6.54 Å². The van der Waals surface area contributed by atoms with Crippen LogP contribution >= 0.6 is 0 Å². The first-order valence-corrected chi connectivity index (χ1v) is 6.18. The number of amides is 1. The molecule has 1 aliphatic rings. The van der Waals surface area contributed by atoms with Crippen LogP contribution < -0.4 is 11.1 Å². The van der Waals surface area contributed by atoms with Gasteiger partial charge in [0.2, 0.25) is 5.89 Å². The Kier molecular flexibility index (Phi) is 2.73. The summed E-state index contributed by atoms with van der Waals surface area (Å²) in [6.07, 6.45) is 4.00. The lowest BCUT2D eigenvalue weighted by Crippen LogP contribution is -2.25. The molecule has 2 aromatic rings. The molecule has 19 heavy (non-hydrogen) atoms. The molecule has 1 amide bonds. The average molecular weight is 261 g/mol. The standard InChI is InChI=1S/C12H15N5O2/c1-7-15-11(16-19-7)5-14-12(18)10-4-8(13)6-17(10)9-2-3-9/h4,6,9H,2-3,5,13H2,1H3,(H,14,18). The molecule has 100 valence electrons. The van der Waals surface area contributed by atoms with Crippen LogP contribution in [0.4, 0.5) is 5.69 Å². The van der Waals surface area contributed by atoms with Gasteiger partial charge < -0.3 is 20.1 Å². The van der Waals surface area contributed by atoms with Crippen molar-refractivity contribution in [3.05, 3.63) is 29.7 Å². The number of nitrogens with zero attached hydrogens (tertiary/aromatic N) is 3. The van der Waals surface area contributed by atoms with Crippen LogP contribution in [-0.4, -0.2) is 20.6 Å². The maximum Gasteiger partial charge on any atom is 0.268 e. The maximum atomic E-state index is 12.1. The minimum absolute atomic E-state index is 0.175. The van der Waals surface area contributed by atoms with Gasteiger partial charge in [-0.25, -0.2) is 0 Å². The fraction of sp³-hybridized carbons (Fsp3) is 0.417. The molecule has 7 heteroatoms. The van der Waals surface area contributed by atoms with Gasteiger partial charge in [-0.3, -0.25) is 4.79 Å². The number of hydrogen-bond acceptors (Lipinski definition) is 5. The molecule has 0 atom stereocenters. The van der Waals surface area contributed by atoms with Gasteiger partial charge in [0, 0.05) is 19.2 Å². The quantitative estimate of drug-likeness (QED) is 0.856. The summed E-state index contributed by atoms with van der Waals surface area (Å²) in [6.45, 7) is 1.95. The molecule has 0 bridgehead atoms. The Bertz CT molecular complexity index is 611. The molecule has 7 nitrogen and oxygen atoms in total. The van der Waals surface area contributed by atoms with E-state index in [-0.39, 0.29) is 12.5 Å². The summed E-state index contributed by atoms with van der Waals surface area (Å²) in [5.74, 6) is 0.768. The first-order valence-electron chi connectivity index (χ1n) is 6.18. The zero-order chi connectivity index (χ0) is 13.4. The Morgan fingerprint density at radius 1 is 1.63 bits per heavy atom. The van der Waals surface area contributed by atoms with Crippen LogP contribution in [0.15, 0.2) is 16.8 Å². The van der Waals surface area contributed by atoms with Crippen LogP contribution in [0.2, 0.25) is 0 Å². The number of nitrogens with one attached hydrogen (secondary N) is 1. The number of carbonyl (C=O) groups excluding carboxylic acids is 1. The molecule has 0 unspecified atom stereocenters. The Labute approximate surface area is 109 Å². The SMILES string of the molecule is Cc1nc(CNC(=O)c2cc(N)cn2C2CC2)no1. The smallest absolute Gasteiger partial charge is 0.268 e. The van der Waals surface area contributed by atoms with E-state index < -0.39 is 0 Å². The minimum Gasteiger partial charge on any atom is -0.397 e. The highest BCUT2D eigenvalue weighted by atomic mass is 16.5. The van der Waals surface area contributed by atoms with Crippen molar-refractivity contribution in [3.63, 3.8) is 0 Å². The molecule has 1 aliphatic carbocycles. The van der Waals surface area contributed by atoms with Crippen molar-refractivity contribution in [3.8, 4) is 0 Å². The topological polar surface area (TPSA) is 99.0 Å². The summed E-state index contributed by atoms with van der Waals surface area (Å²) in [5.41, 5.74) is 6.94. The molecule has 0 saturated heterocycles. The number of rotatable bonds is 4. The molecule has 2 aromatic heterocycles. The minimum atomic E-state index is -0.175. The van der Waals surface area contributed by atoms with Gasteiger partial charge in [0.25, 0.3) is 5.91 Å². The Balaban J connectivity index is 1.70. The van der Waals surface area contributed by atoms with E-state index >= 15 is 0 Å². The molecule has 0 aromatic carbocycles. The highest BCUT2D eigenvalue weighted by Crippen LogP contribution is 2.37. The Morgan fingerprint density at radius 2 is 2.42 bits per heavy atom. The van der Waals surface area contributed by atoms with Gasteiger partial charge in [-0.15, -0.1) is 0 Å². The highest BCUT2D eigenvalue weighted by molar-refractivity contribution is 5.93. The number of anilines is 1. The largest absolute Gasteiger partial charge is 0.397 e. The number of hydrogen-bond donors (Lipinski definition) is 2. The fourth-order valence-corrected chi connectivity index (χ4v) is 2.00. The van der Waals surface area contributed by atoms with E-state index in [1.807, 2.05) is 10.8 Å². The van der Waals surface area contributed by atoms with Crippen molar-refractivity contribution in [2.45, 2.75) is 32.4 Å². The Hall–Kier alpha value is -2.31. The monoisotopic (exact) mass is 261 g/mol. The molecule has 0 aliphatic heterocycles. The van der Waals surface area contributed by atoms with Crippen molar-refractivity contribution >= 4 is 11.6 Å². The van der Waals surface area contributed by atoms with Gasteiger partial charge in [-0.2, -0.15) is 4.98 Å². The molecule has 1 saturated carbocycles. The highest BCUT2D eigenvalue weighted by Gasteiger charge is 2.27. The average Bonchev–Trinajstić information content (AvgIpc) is 3.03. The van der Waals surface area contributed by atoms with E-state index in [4.69, 9.17) is 10.3 Å². The van der Waals surface area contributed by atoms with E-state index in [1.54, 1.807) is 13.0 Å². The zero-order valence-corrected chi connectivity index (χ0v) is 10.6. The van der Waals surface area contributed by atoms with Gasteiger partial charge >= 0.3 is 0 Å². The van der Waals surface area contributed by atoms with Gasteiger partial charge in [0.15, 0.2) is 5.82 Å². The van der Waals surface area contributed by atoms with E-state index in [2.05, 4.69) is 15.5 Å². The molecule has 0 radical (unpaired) electrons. The molecule has 2 heterocycles. The van der Waals surface area contributed by atoms with E-state index in [1.165, 1.54) is 0 Å². The normalized spacial score (nSPS) is 14.6. The van der Waals surface area contributed by atoms with E-state index in [0.29, 0.717) is 29.1 Å². The van der Waals surface area contributed by atoms with Crippen molar-refractivity contribution < 1.29 is 9.32 Å². The maximum absolute atomic E-state index is 12.1. The molecule has 3 N–H and O–H groups in total. The lowest BCUT2D eigenvalue weighted by atomic mass is 10.3. The zero-order valence-electron chi connectivity index (χ0n) is 10.6. The van der Waals surface area contributed by atoms with Crippen LogP contribution in [0.1, 0.15) is 41.1 Å². The van der Waals surface area contributed by atoms with Gasteiger partial charge in [-0.1, -0.05) is 5.16 Å². The number of aryl methyl sites for hydroxylation is 1. The van der Waals surface area contributed by atoms with Crippen molar-refractivity contribution in [1.29, 1.82) is 0 Å². The third-order valence-electron chi connectivity index (χ3n) is 3.02. The third kappa shape index (κ3) is 2.44. The van der Waals surface area contributed by atoms with Crippen LogP contribution in [0, 0.1) is 6.92 Å². The molecule has 1 fully saturated rings. The number of aromatic nitrogens is 3. The third-order valence-corrected chi connectivity index (χ3v) is 3.02. The first kappa shape index (κ1) is 11.8. The van der Waals surface area contributed by atoms with Crippen molar-refractivity contribution in [2.75, 3.05) is 5.73 Å². The summed E-state index contributed by atoms with van der Waals surface area (Å²) in [5, 5.41) is 6.49. The first-order chi connectivity index (χ1) is 9.13. The summed E-state index contributed by atoms with van der Waals surface area (Å²) in [4.78, 5) is 16.1. The van der Waals surface area contributed by atoms with Crippen molar-refractivity contribution in [1.82, 2.24) is 20.0 Å². The summed E-state index contributed by atoms with van der Waals surface area (Å²) in [7, 11) is 0. The summed E-state index contributed by atoms with van der Waals surface area (Å²) >= 11 is 0. The predicted octanol–water partition coefficient (Wildman–Crippen LogP) is 1.03. The van der Waals surface area contributed by atoms with Crippen LogP contribution in [0.3, 0.4) is 0 Å². The lowest BCUT2D eigenvalue weighted by molar-refractivity contribution is 0.0940.